The third-order valence-corrected chi connectivity index (χ3v) is 2.49. The summed E-state index contributed by atoms with van der Waals surface area (Å²) in [7, 11) is 0. The van der Waals surface area contributed by atoms with Crippen molar-refractivity contribution < 1.29 is 0 Å². The number of fused-ring (bicyclic) bond motifs is 1. The van der Waals surface area contributed by atoms with Gasteiger partial charge in [-0.3, -0.25) is 19.7 Å². The largest absolute Gasteiger partial charge is 0.327 e. The van der Waals surface area contributed by atoms with Gasteiger partial charge in [-0.2, -0.15) is 0 Å². The van der Waals surface area contributed by atoms with Crippen molar-refractivity contribution in [2.45, 2.75) is 6.42 Å². The van der Waals surface area contributed by atoms with E-state index in [0.717, 1.165) is 5.56 Å². The van der Waals surface area contributed by atoms with E-state index < -0.39 is 11.2 Å². The third-order valence-electron chi connectivity index (χ3n) is 2.49. The smallest absolute Gasteiger partial charge is 0.288 e. The van der Waals surface area contributed by atoms with Crippen molar-refractivity contribution in [3.63, 3.8) is 0 Å². The highest BCUT2D eigenvalue weighted by atomic mass is 16.2. The van der Waals surface area contributed by atoms with E-state index in [4.69, 9.17) is 0 Å². The van der Waals surface area contributed by atoms with Gasteiger partial charge in [0.15, 0.2) is 17.0 Å². The van der Waals surface area contributed by atoms with Gasteiger partial charge in [0.2, 0.25) is 0 Å². The zero-order valence-corrected chi connectivity index (χ0v) is 9.62. The minimum Gasteiger partial charge on any atom is -0.288 e. The SMILES string of the molecule is O=c1[nH]c(=O)c2nc(Cc3cccnc3)nnc2[nH]1. The first-order valence-corrected chi connectivity index (χ1v) is 5.47. The summed E-state index contributed by atoms with van der Waals surface area (Å²) in [5.41, 5.74) is -0.170. The lowest BCUT2D eigenvalue weighted by Crippen LogP contribution is -2.24. The zero-order chi connectivity index (χ0) is 13.2. The van der Waals surface area contributed by atoms with Crippen LogP contribution in [0.25, 0.3) is 11.2 Å². The number of nitrogens with one attached hydrogen (secondary N) is 2. The maximum absolute atomic E-state index is 11.6. The second-order valence-electron chi connectivity index (χ2n) is 3.87. The maximum Gasteiger partial charge on any atom is 0.327 e. The van der Waals surface area contributed by atoms with Gasteiger partial charge in [0.25, 0.3) is 5.56 Å². The van der Waals surface area contributed by atoms with E-state index in [1.54, 1.807) is 18.5 Å². The van der Waals surface area contributed by atoms with Crippen molar-refractivity contribution >= 4 is 11.2 Å². The Morgan fingerprint density at radius 2 is 2.05 bits per heavy atom. The molecule has 94 valence electrons. The van der Waals surface area contributed by atoms with Crippen molar-refractivity contribution in [3.8, 4) is 0 Å². The first kappa shape index (κ1) is 11.2. The van der Waals surface area contributed by atoms with Gasteiger partial charge in [0.1, 0.15) is 0 Å². The highest BCUT2D eigenvalue weighted by Gasteiger charge is 2.07. The minimum atomic E-state index is -0.631. The summed E-state index contributed by atoms with van der Waals surface area (Å²) in [6.45, 7) is 0. The summed E-state index contributed by atoms with van der Waals surface area (Å²) in [6, 6.07) is 3.67. The van der Waals surface area contributed by atoms with Crippen molar-refractivity contribution in [2.75, 3.05) is 0 Å². The summed E-state index contributed by atoms with van der Waals surface area (Å²) >= 11 is 0. The van der Waals surface area contributed by atoms with E-state index in [1.165, 1.54) is 0 Å². The molecule has 0 bridgehead atoms. The second kappa shape index (κ2) is 4.41. The molecule has 0 aromatic carbocycles. The van der Waals surface area contributed by atoms with Gasteiger partial charge >= 0.3 is 5.69 Å². The quantitative estimate of drug-likeness (QED) is 0.631. The van der Waals surface area contributed by atoms with E-state index >= 15 is 0 Å². The minimum absolute atomic E-state index is 0.0634. The summed E-state index contributed by atoms with van der Waals surface area (Å²) in [4.78, 5) is 35.2. The number of aromatic amines is 2. The molecule has 0 spiro atoms. The van der Waals surface area contributed by atoms with Crippen LogP contribution in [0.15, 0.2) is 34.1 Å². The van der Waals surface area contributed by atoms with Gasteiger partial charge in [0, 0.05) is 18.8 Å². The Balaban J connectivity index is 2.07. The van der Waals surface area contributed by atoms with Crippen molar-refractivity contribution in [3.05, 3.63) is 56.8 Å². The number of pyridine rings is 1. The van der Waals surface area contributed by atoms with Gasteiger partial charge in [0.05, 0.1) is 0 Å². The molecule has 0 saturated heterocycles. The van der Waals surface area contributed by atoms with E-state index in [2.05, 4.69) is 30.1 Å². The fraction of sp³-hybridized carbons (Fsp3) is 0.0909. The summed E-state index contributed by atoms with van der Waals surface area (Å²) in [5, 5.41) is 7.66. The molecular formula is C11H8N6O2. The molecule has 0 fully saturated rings. The molecule has 0 radical (unpaired) electrons. The zero-order valence-electron chi connectivity index (χ0n) is 9.62. The Hall–Kier alpha value is -2.90. The molecule has 0 saturated carbocycles. The second-order valence-corrected chi connectivity index (χ2v) is 3.87. The molecule has 0 aliphatic rings. The molecule has 0 atom stereocenters. The maximum atomic E-state index is 11.6. The third kappa shape index (κ3) is 2.23. The highest BCUT2D eigenvalue weighted by Crippen LogP contribution is 2.04. The summed E-state index contributed by atoms with van der Waals surface area (Å²) in [6.07, 6.45) is 3.76. The van der Waals surface area contributed by atoms with Gasteiger partial charge in [-0.25, -0.2) is 9.78 Å². The molecule has 8 heteroatoms. The lowest BCUT2D eigenvalue weighted by atomic mass is 10.2. The van der Waals surface area contributed by atoms with Crippen LogP contribution in [0.5, 0.6) is 0 Å². The van der Waals surface area contributed by atoms with Crippen molar-refractivity contribution in [1.82, 2.24) is 30.1 Å². The number of aromatic nitrogens is 6. The molecule has 3 aromatic heterocycles. The van der Waals surface area contributed by atoms with Crippen LogP contribution in [0.4, 0.5) is 0 Å². The average Bonchev–Trinajstić information content (AvgIpc) is 2.40. The summed E-state index contributed by atoms with van der Waals surface area (Å²) in [5.74, 6) is 0.387. The van der Waals surface area contributed by atoms with Crippen LogP contribution < -0.4 is 11.2 Å². The molecule has 0 aliphatic carbocycles. The van der Waals surface area contributed by atoms with Crippen LogP contribution in [0, 0.1) is 0 Å². The fourth-order valence-electron chi connectivity index (χ4n) is 1.66. The molecule has 3 heterocycles. The van der Waals surface area contributed by atoms with E-state index in [9.17, 15) is 9.59 Å². The number of H-pyrrole nitrogens is 2. The Morgan fingerprint density at radius 3 is 2.84 bits per heavy atom. The Labute approximate surface area is 105 Å². The molecule has 0 amide bonds. The van der Waals surface area contributed by atoms with Crippen molar-refractivity contribution in [1.29, 1.82) is 0 Å². The lowest BCUT2D eigenvalue weighted by molar-refractivity contribution is 0.873. The van der Waals surface area contributed by atoms with E-state index in [1.807, 2.05) is 6.07 Å². The van der Waals surface area contributed by atoms with Crippen molar-refractivity contribution in [2.24, 2.45) is 0 Å². The molecule has 8 nitrogen and oxygen atoms in total. The van der Waals surface area contributed by atoms with Gasteiger partial charge in [-0.15, -0.1) is 10.2 Å². The first-order chi connectivity index (χ1) is 9.22. The Kier molecular flexibility index (Phi) is 2.60. The van der Waals surface area contributed by atoms with Crippen LogP contribution in [0.1, 0.15) is 11.4 Å². The molecule has 3 rings (SSSR count). The fourth-order valence-corrected chi connectivity index (χ4v) is 1.66. The lowest BCUT2D eigenvalue weighted by Gasteiger charge is -2.00. The Bertz CT molecular complexity index is 839. The molecule has 19 heavy (non-hydrogen) atoms. The number of hydrogen-bond donors (Lipinski definition) is 2. The van der Waals surface area contributed by atoms with E-state index in [0.29, 0.717) is 12.2 Å². The highest BCUT2D eigenvalue weighted by molar-refractivity contribution is 5.66. The molecular weight excluding hydrogens is 248 g/mol. The Morgan fingerprint density at radius 1 is 1.16 bits per heavy atom. The normalized spacial score (nSPS) is 10.7. The predicted octanol–water partition coefficient (Wildman–Crippen LogP) is -0.613. The first-order valence-electron chi connectivity index (χ1n) is 5.47. The molecule has 2 N–H and O–H groups in total. The van der Waals surface area contributed by atoms with Crippen LogP contribution in [-0.4, -0.2) is 30.1 Å². The molecule has 3 aromatic rings. The predicted molar refractivity (Wildman–Crippen MR) is 65.6 cm³/mol. The monoisotopic (exact) mass is 256 g/mol. The number of hydrogen-bond acceptors (Lipinski definition) is 6. The van der Waals surface area contributed by atoms with Gasteiger partial charge in [-0.1, -0.05) is 6.07 Å². The van der Waals surface area contributed by atoms with Gasteiger partial charge in [-0.05, 0) is 11.6 Å². The van der Waals surface area contributed by atoms with Crippen LogP contribution >= 0.6 is 0 Å². The molecule has 0 aliphatic heterocycles. The molecule has 0 unspecified atom stereocenters. The van der Waals surface area contributed by atoms with E-state index in [-0.39, 0.29) is 11.2 Å². The van der Waals surface area contributed by atoms with Gasteiger partial charge < -0.3 is 0 Å². The summed E-state index contributed by atoms with van der Waals surface area (Å²) < 4.78 is 0. The topological polar surface area (TPSA) is 117 Å². The number of nitrogens with zero attached hydrogens (tertiary/aromatic N) is 4. The standard InChI is InChI=1S/C11H8N6O2/c18-10-8-9(14-11(19)15-10)17-16-7(13-8)4-6-2-1-3-12-5-6/h1-3,5H,4H2,(H2,14,15,17,18,19). The number of rotatable bonds is 2. The average molecular weight is 256 g/mol. The van der Waals surface area contributed by atoms with Crippen LogP contribution in [-0.2, 0) is 6.42 Å². The van der Waals surface area contributed by atoms with Crippen LogP contribution in [0.2, 0.25) is 0 Å². The van der Waals surface area contributed by atoms with Crippen LogP contribution in [0.3, 0.4) is 0 Å².